The second-order valence-electron chi connectivity index (χ2n) is 6.38. The summed E-state index contributed by atoms with van der Waals surface area (Å²) in [6.45, 7) is 3.49. The summed E-state index contributed by atoms with van der Waals surface area (Å²) in [6, 6.07) is 1.41. The number of rotatable bonds is 5. The molecule has 3 heterocycles. The minimum Gasteiger partial charge on any atom is -0.475 e. The molecule has 2 atom stereocenters. The predicted octanol–water partition coefficient (Wildman–Crippen LogP) is 0.768. The molecule has 3 rings (SSSR count). The van der Waals surface area contributed by atoms with E-state index < -0.39 is 32.9 Å². The molecule has 0 aromatic carbocycles. The van der Waals surface area contributed by atoms with Crippen molar-refractivity contribution in [1.29, 1.82) is 0 Å². The molecule has 2 fully saturated rings. The molecule has 2 unspecified atom stereocenters. The number of sulfonamides is 1. The number of nitrogens with zero attached hydrogens (tertiary/aromatic N) is 2. The first-order valence-corrected chi connectivity index (χ1v) is 10.0. The highest BCUT2D eigenvalue weighted by molar-refractivity contribution is 7.89. The van der Waals surface area contributed by atoms with Crippen molar-refractivity contribution in [1.82, 2.24) is 9.21 Å². The van der Waals surface area contributed by atoms with Gasteiger partial charge in [0, 0.05) is 19.6 Å². The van der Waals surface area contributed by atoms with Crippen molar-refractivity contribution >= 4 is 21.9 Å². The van der Waals surface area contributed by atoms with Crippen LogP contribution in [0.25, 0.3) is 0 Å². The molecule has 1 N–H and O–H groups in total. The molecule has 1 amide bonds. The Morgan fingerprint density at radius 3 is 2.73 bits per heavy atom. The van der Waals surface area contributed by atoms with E-state index in [2.05, 4.69) is 0 Å². The number of carbonyl (C=O) groups is 2. The first kappa shape index (κ1) is 18.9. The quantitative estimate of drug-likeness (QED) is 0.794. The Kier molecular flexibility index (Phi) is 5.35. The second-order valence-corrected chi connectivity index (χ2v) is 8.20. The van der Waals surface area contributed by atoms with Crippen molar-refractivity contribution in [2.75, 3.05) is 26.2 Å². The lowest BCUT2D eigenvalue weighted by Crippen LogP contribution is -2.52. The molecular formula is C16H22N2O7S. The van der Waals surface area contributed by atoms with Crippen molar-refractivity contribution in [2.45, 2.75) is 43.4 Å². The van der Waals surface area contributed by atoms with Crippen molar-refractivity contribution in [2.24, 2.45) is 0 Å². The lowest BCUT2D eigenvalue weighted by Gasteiger charge is -2.35. The van der Waals surface area contributed by atoms with Gasteiger partial charge >= 0.3 is 5.97 Å². The smallest absolute Gasteiger partial charge is 0.371 e. The zero-order valence-corrected chi connectivity index (χ0v) is 15.3. The van der Waals surface area contributed by atoms with E-state index in [4.69, 9.17) is 14.3 Å². The maximum absolute atomic E-state index is 12.9. The van der Waals surface area contributed by atoms with Crippen LogP contribution >= 0.6 is 0 Å². The molecule has 26 heavy (non-hydrogen) atoms. The highest BCUT2D eigenvalue weighted by Crippen LogP contribution is 2.29. The van der Waals surface area contributed by atoms with Crippen molar-refractivity contribution in [3.05, 3.63) is 17.9 Å². The van der Waals surface area contributed by atoms with E-state index in [9.17, 15) is 18.0 Å². The van der Waals surface area contributed by atoms with Crippen LogP contribution in [0.15, 0.2) is 21.6 Å². The third-order valence-electron chi connectivity index (χ3n) is 4.75. The van der Waals surface area contributed by atoms with Gasteiger partial charge in [0.1, 0.15) is 6.04 Å². The van der Waals surface area contributed by atoms with Crippen molar-refractivity contribution in [3.8, 4) is 0 Å². The van der Waals surface area contributed by atoms with E-state index in [0.29, 0.717) is 32.5 Å². The Morgan fingerprint density at radius 1 is 1.31 bits per heavy atom. The highest BCUT2D eigenvalue weighted by Gasteiger charge is 2.43. The van der Waals surface area contributed by atoms with Gasteiger partial charge in [-0.1, -0.05) is 6.92 Å². The minimum atomic E-state index is -4.08. The molecule has 144 valence electrons. The average molecular weight is 386 g/mol. The second kappa shape index (κ2) is 7.37. The number of furan rings is 1. The topological polar surface area (TPSA) is 117 Å². The van der Waals surface area contributed by atoms with Gasteiger partial charge in [0.25, 0.3) is 10.0 Å². The Morgan fingerprint density at radius 2 is 2.08 bits per heavy atom. The number of carboxylic acids is 1. The fraction of sp³-hybridized carbons (Fsp3) is 0.625. The van der Waals surface area contributed by atoms with Crippen LogP contribution in [0.2, 0.25) is 0 Å². The summed E-state index contributed by atoms with van der Waals surface area (Å²) in [5.74, 6) is -2.04. The number of carbonyl (C=O) groups excluding carboxylic acids is 1. The van der Waals surface area contributed by atoms with Gasteiger partial charge < -0.3 is 19.2 Å². The van der Waals surface area contributed by atoms with Crippen LogP contribution in [0.3, 0.4) is 0 Å². The van der Waals surface area contributed by atoms with Crippen LogP contribution in [-0.4, -0.2) is 73.0 Å². The van der Waals surface area contributed by atoms with Crippen LogP contribution in [0.5, 0.6) is 0 Å². The van der Waals surface area contributed by atoms with E-state index in [1.165, 1.54) is 0 Å². The SMILES string of the molecule is CCC1CN(C(=O)C2CCCN2S(=O)(=O)c2ccc(C(=O)O)o2)CCO1. The van der Waals surface area contributed by atoms with Gasteiger partial charge in [-0.05, 0) is 31.4 Å². The molecule has 1 aromatic rings. The van der Waals surface area contributed by atoms with Gasteiger partial charge in [0.05, 0.1) is 12.7 Å². The zero-order valence-electron chi connectivity index (χ0n) is 14.5. The molecule has 0 aliphatic carbocycles. The summed E-state index contributed by atoms with van der Waals surface area (Å²) in [4.78, 5) is 25.5. The Labute approximate surface area is 151 Å². The van der Waals surface area contributed by atoms with Gasteiger partial charge in [-0.25, -0.2) is 13.2 Å². The highest BCUT2D eigenvalue weighted by atomic mass is 32.2. The Balaban J connectivity index is 1.80. The number of hydrogen-bond donors (Lipinski definition) is 1. The van der Waals surface area contributed by atoms with Gasteiger partial charge in [-0.3, -0.25) is 4.79 Å². The first-order valence-electron chi connectivity index (χ1n) is 8.60. The van der Waals surface area contributed by atoms with Gasteiger partial charge in [-0.15, -0.1) is 0 Å². The lowest BCUT2D eigenvalue weighted by atomic mass is 10.1. The summed E-state index contributed by atoms with van der Waals surface area (Å²) in [6.07, 6.45) is 1.73. The maximum Gasteiger partial charge on any atom is 0.371 e. The molecule has 2 saturated heterocycles. The largest absolute Gasteiger partial charge is 0.475 e. The van der Waals surface area contributed by atoms with E-state index in [-0.39, 0.29) is 18.6 Å². The monoisotopic (exact) mass is 386 g/mol. The Bertz CT molecular complexity index is 788. The minimum absolute atomic E-state index is 0.0395. The molecule has 1 aromatic heterocycles. The third kappa shape index (κ3) is 3.49. The van der Waals surface area contributed by atoms with Crippen LogP contribution in [0.4, 0.5) is 0 Å². The van der Waals surface area contributed by atoms with Gasteiger partial charge in [0.15, 0.2) is 0 Å². The summed E-state index contributed by atoms with van der Waals surface area (Å²) < 4.78 is 37.3. The summed E-state index contributed by atoms with van der Waals surface area (Å²) >= 11 is 0. The fourth-order valence-electron chi connectivity index (χ4n) is 3.34. The lowest BCUT2D eigenvalue weighted by molar-refractivity contribution is -0.142. The first-order chi connectivity index (χ1) is 12.3. The molecule has 10 heteroatoms. The molecule has 2 aliphatic rings. The zero-order chi connectivity index (χ0) is 18.9. The van der Waals surface area contributed by atoms with Crippen LogP contribution in [0, 0.1) is 0 Å². The average Bonchev–Trinajstić information content (AvgIpc) is 3.31. The van der Waals surface area contributed by atoms with E-state index in [0.717, 1.165) is 22.9 Å². The number of carboxylic acid groups (broad SMARTS) is 1. The number of ether oxygens (including phenoxy) is 1. The molecule has 9 nitrogen and oxygen atoms in total. The van der Waals surface area contributed by atoms with E-state index >= 15 is 0 Å². The third-order valence-corrected chi connectivity index (χ3v) is 6.53. The summed E-state index contributed by atoms with van der Waals surface area (Å²) in [5.41, 5.74) is 0. The molecular weight excluding hydrogens is 364 g/mol. The standard InChI is InChI=1S/C16H22N2O7S/c1-2-11-10-17(8-9-24-11)15(19)12-4-3-7-18(12)26(22,23)14-6-5-13(25-14)16(20)21/h5-6,11-12H,2-4,7-10H2,1H3,(H,20,21). The van der Waals surface area contributed by atoms with Gasteiger partial charge in [0.2, 0.25) is 16.8 Å². The Hall–Kier alpha value is -1.91. The molecule has 0 saturated carbocycles. The molecule has 0 bridgehead atoms. The van der Waals surface area contributed by atoms with Crippen LogP contribution in [-0.2, 0) is 19.6 Å². The van der Waals surface area contributed by atoms with Crippen LogP contribution < -0.4 is 0 Å². The van der Waals surface area contributed by atoms with Crippen molar-refractivity contribution < 1.29 is 32.3 Å². The number of amides is 1. The predicted molar refractivity (Wildman–Crippen MR) is 89.2 cm³/mol. The summed E-state index contributed by atoms with van der Waals surface area (Å²) in [7, 11) is -4.08. The fourth-order valence-corrected chi connectivity index (χ4v) is 4.91. The maximum atomic E-state index is 12.9. The molecule has 0 radical (unpaired) electrons. The molecule has 2 aliphatic heterocycles. The number of aromatic carboxylic acids is 1. The van der Waals surface area contributed by atoms with Crippen molar-refractivity contribution in [3.63, 3.8) is 0 Å². The molecule has 0 spiro atoms. The number of hydrogen-bond acceptors (Lipinski definition) is 6. The van der Waals surface area contributed by atoms with E-state index in [1.54, 1.807) is 4.90 Å². The van der Waals surface area contributed by atoms with E-state index in [1.807, 2.05) is 6.92 Å². The van der Waals surface area contributed by atoms with Crippen LogP contribution in [0.1, 0.15) is 36.7 Å². The normalized spacial score (nSPS) is 24.7. The summed E-state index contributed by atoms with van der Waals surface area (Å²) in [5, 5.41) is 8.46. The number of morpholine rings is 1. The van der Waals surface area contributed by atoms with Gasteiger partial charge in [-0.2, -0.15) is 4.31 Å².